The Balaban J connectivity index is 2.07. The Kier molecular flexibility index (Phi) is 6.12. The number of alkyl halides is 2. The number of hydrogen-bond donors (Lipinski definition) is 1. The highest BCUT2D eigenvalue weighted by molar-refractivity contribution is 5.96. The molecule has 1 heterocycles. The van der Waals surface area contributed by atoms with Crippen LogP contribution in [0.15, 0.2) is 30.6 Å². The summed E-state index contributed by atoms with van der Waals surface area (Å²) in [5, 5.41) is 7.11. The molecule has 2 aromatic rings. The van der Waals surface area contributed by atoms with Gasteiger partial charge < -0.3 is 10.2 Å². The van der Waals surface area contributed by atoms with Crippen molar-refractivity contribution in [3.05, 3.63) is 47.3 Å². The normalized spacial score (nSPS) is 11.2. The molecule has 1 aromatic carbocycles. The molecule has 0 radical (unpaired) electrons. The Hall–Kier alpha value is -2.44. The highest BCUT2D eigenvalue weighted by Gasteiger charge is 2.17. The lowest BCUT2D eigenvalue weighted by atomic mass is 10.1. The number of benzene rings is 1. The maximum absolute atomic E-state index is 12.6. The summed E-state index contributed by atoms with van der Waals surface area (Å²) in [6, 6.07) is 5.72. The van der Waals surface area contributed by atoms with Crippen LogP contribution in [-0.4, -0.2) is 40.1 Å². The second kappa shape index (κ2) is 8.09. The van der Waals surface area contributed by atoms with Gasteiger partial charge >= 0.3 is 0 Å². The van der Waals surface area contributed by atoms with E-state index in [1.54, 1.807) is 24.3 Å². The van der Waals surface area contributed by atoms with E-state index in [9.17, 15) is 13.6 Å². The zero-order chi connectivity index (χ0) is 18.6. The molecule has 136 valence electrons. The third-order valence-corrected chi connectivity index (χ3v) is 4.07. The van der Waals surface area contributed by atoms with Gasteiger partial charge in [0.15, 0.2) is 0 Å². The van der Waals surface area contributed by atoms with Crippen molar-refractivity contribution in [1.29, 1.82) is 0 Å². The zero-order valence-corrected chi connectivity index (χ0v) is 15.0. The summed E-state index contributed by atoms with van der Waals surface area (Å²) < 4.78 is 25.9. The number of halogens is 2. The molecule has 0 saturated heterocycles. The fourth-order valence-corrected chi connectivity index (χ4v) is 2.33. The number of hydrogen-bond acceptors (Lipinski definition) is 3. The van der Waals surface area contributed by atoms with Crippen LogP contribution < -0.4 is 5.32 Å². The Morgan fingerprint density at radius 3 is 2.72 bits per heavy atom. The van der Waals surface area contributed by atoms with Crippen LogP contribution in [0.2, 0.25) is 0 Å². The van der Waals surface area contributed by atoms with Gasteiger partial charge in [0.1, 0.15) is 6.54 Å². The van der Waals surface area contributed by atoms with Crippen LogP contribution in [0.3, 0.4) is 0 Å². The maximum atomic E-state index is 12.6. The van der Waals surface area contributed by atoms with E-state index in [1.165, 1.54) is 4.68 Å². The summed E-state index contributed by atoms with van der Waals surface area (Å²) in [6.45, 7) is 5.86. The van der Waals surface area contributed by atoms with Gasteiger partial charge in [0.05, 0.1) is 6.20 Å². The minimum absolute atomic E-state index is 0.0269. The summed E-state index contributed by atoms with van der Waals surface area (Å²) in [6.07, 6.45) is 0.720. The van der Waals surface area contributed by atoms with Crippen LogP contribution in [0.4, 0.5) is 14.5 Å². The Morgan fingerprint density at radius 1 is 1.36 bits per heavy atom. The number of nitrogens with one attached hydrogen (secondary N) is 1. The van der Waals surface area contributed by atoms with Crippen LogP contribution in [0.25, 0.3) is 0 Å². The predicted molar refractivity (Wildman–Crippen MR) is 94.0 cm³/mol. The van der Waals surface area contributed by atoms with Crippen LogP contribution in [0.1, 0.15) is 35.3 Å². The van der Waals surface area contributed by atoms with Gasteiger partial charge in [0.2, 0.25) is 0 Å². The molecule has 0 bridgehead atoms. The molecule has 7 heteroatoms. The van der Waals surface area contributed by atoms with Crippen molar-refractivity contribution in [2.45, 2.75) is 46.3 Å². The van der Waals surface area contributed by atoms with E-state index in [0.29, 0.717) is 12.1 Å². The first-order valence-corrected chi connectivity index (χ1v) is 8.19. The van der Waals surface area contributed by atoms with E-state index < -0.39 is 13.0 Å². The number of aryl methyl sites for hydroxylation is 1. The summed E-state index contributed by atoms with van der Waals surface area (Å²) in [7, 11) is 1.78. The zero-order valence-electron chi connectivity index (χ0n) is 15.0. The molecular formula is C18H24F2N4O. The van der Waals surface area contributed by atoms with Crippen molar-refractivity contribution >= 4 is 11.6 Å². The summed E-state index contributed by atoms with van der Waals surface area (Å²) in [5.74, 6) is -0.0269. The molecule has 0 fully saturated rings. The van der Waals surface area contributed by atoms with E-state index in [0.717, 1.165) is 16.8 Å². The van der Waals surface area contributed by atoms with Crippen LogP contribution in [-0.2, 0) is 13.1 Å². The van der Waals surface area contributed by atoms with Gasteiger partial charge in [0.25, 0.3) is 12.3 Å². The van der Waals surface area contributed by atoms with Crippen molar-refractivity contribution < 1.29 is 13.6 Å². The van der Waals surface area contributed by atoms with Gasteiger partial charge in [-0.2, -0.15) is 5.10 Å². The lowest BCUT2D eigenvalue weighted by Gasteiger charge is -2.22. The number of carbonyl (C=O) groups is 1. The minimum Gasteiger partial charge on any atom is -0.381 e. The lowest BCUT2D eigenvalue weighted by Crippen LogP contribution is -2.33. The van der Waals surface area contributed by atoms with Gasteiger partial charge in [0, 0.05) is 42.6 Å². The SMILES string of the molecule is Cc1ccc(NCc2cnn(CC(F)F)c2)cc1C(=O)N(C)C(C)C. The highest BCUT2D eigenvalue weighted by atomic mass is 19.3. The van der Waals surface area contributed by atoms with Crippen molar-refractivity contribution in [3.63, 3.8) is 0 Å². The molecule has 0 aliphatic carbocycles. The van der Waals surface area contributed by atoms with Gasteiger partial charge in [-0.15, -0.1) is 0 Å². The van der Waals surface area contributed by atoms with E-state index >= 15 is 0 Å². The average Bonchev–Trinajstić information content (AvgIpc) is 2.99. The number of nitrogens with zero attached hydrogens (tertiary/aromatic N) is 3. The van der Waals surface area contributed by atoms with Crippen molar-refractivity contribution in [3.8, 4) is 0 Å². The first-order valence-electron chi connectivity index (χ1n) is 8.19. The van der Waals surface area contributed by atoms with Gasteiger partial charge in [-0.1, -0.05) is 6.07 Å². The van der Waals surface area contributed by atoms with E-state index in [1.807, 2.05) is 39.0 Å². The third-order valence-electron chi connectivity index (χ3n) is 4.07. The molecule has 0 spiro atoms. The second-order valence-electron chi connectivity index (χ2n) is 6.35. The first-order chi connectivity index (χ1) is 11.8. The Morgan fingerprint density at radius 2 is 2.08 bits per heavy atom. The quantitative estimate of drug-likeness (QED) is 0.831. The van der Waals surface area contributed by atoms with Crippen LogP contribution in [0.5, 0.6) is 0 Å². The molecule has 0 saturated carbocycles. The molecule has 2 rings (SSSR count). The number of amides is 1. The fourth-order valence-electron chi connectivity index (χ4n) is 2.33. The minimum atomic E-state index is -2.43. The van der Waals surface area contributed by atoms with Crippen molar-refractivity contribution in [2.75, 3.05) is 12.4 Å². The van der Waals surface area contributed by atoms with Gasteiger partial charge in [-0.05, 0) is 38.5 Å². The van der Waals surface area contributed by atoms with Crippen LogP contribution in [0, 0.1) is 6.92 Å². The summed E-state index contributed by atoms with van der Waals surface area (Å²) >= 11 is 0. The number of carbonyl (C=O) groups excluding carboxylic acids is 1. The van der Waals surface area contributed by atoms with Crippen molar-refractivity contribution in [2.24, 2.45) is 0 Å². The average molecular weight is 350 g/mol. The molecule has 0 atom stereocenters. The molecular weight excluding hydrogens is 326 g/mol. The molecule has 1 amide bonds. The molecule has 1 aromatic heterocycles. The van der Waals surface area contributed by atoms with Gasteiger partial charge in [-0.3, -0.25) is 9.48 Å². The second-order valence-corrected chi connectivity index (χ2v) is 6.35. The Bertz CT molecular complexity index is 728. The summed E-state index contributed by atoms with van der Waals surface area (Å²) in [5.41, 5.74) is 3.16. The largest absolute Gasteiger partial charge is 0.381 e. The summed E-state index contributed by atoms with van der Waals surface area (Å²) in [4.78, 5) is 14.2. The highest BCUT2D eigenvalue weighted by Crippen LogP contribution is 2.18. The molecule has 25 heavy (non-hydrogen) atoms. The third kappa shape index (κ3) is 5.01. The molecule has 0 aliphatic heterocycles. The number of anilines is 1. The fraction of sp³-hybridized carbons (Fsp3) is 0.444. The number of rotatable bonds is 7. The van der Waals surface area contributed by atoms with Crippen LogP contribution >= 0.6 is 0 Å². The van der Waals surface area contributed by atoms with Gasteiger partial charge in [-0.25, -0.2) is 8.78 Å². The predicted octanol–water partition coefficient (Wildman–Crippen LogP) is 3.55. The number of aromatic nitrogens is 2. The monoisotopic (exact) mass is 350 g/mol. The van der Waals surface area contributed by atoms with E-state index in [-0.39, 0.29) is 11.9 Å². The smallest absolute Gasteiger partial charge is 0.257 e. The van der Waals surface area contributed by atoms with E-state index in [4.69, 9.17) is 0 Å². The maximum Gasteiger partial charge on any atom is 0.257 e. The molecule has 0 aliphatic rings. The Labute approximate surface area is 146 Å². The first kappa shape index (κ1) is 18.9. The molecule has 0 unspecified atom stereocenters. The lowest BCUT2D eigenvalue weighted by molar-refractivity contribution is 0.0754. The van der Waals surface area contributed by atoms with E-state index in [2.05, 4.69) is 10.4 Å². The standard InChI is InChI=1S/C18H24F2N4O/c1-12(2)23(4)18(25)16-7-15(6-5-13(16)3)21-8-14-9-22-24(10-14)11-17(19)20/h5-7,9-10,12,17,21H,8,11H2,1-4H3. The molecule has 1 N–H and O–H groups in total. The topological polar surface area (TPSA) is 50.2 Å². The molecule has 5 nitrogen and oxygen atoms in total. The van der Waals surface area contributed by atoms with Crippen molar-refractivity contribution in [1.82, 2.24) is 14.7 Å².